The van der Waals surface area contributed by atoms with Crippen LogP contribution < -0.4 is 0 Å². The number of nitrogens with one attached hydrogen (secondary N) is 1. The highest BCUT2D eigenvalue weighted by Gasteiger charge is 2.24. The van der Waals surface area contributed by atoms with Crippen molar-refractivity contribution in [1.82, 2.24) is 4.98 Å². The van der Waals surface area contributed by atoms with Crippen molar-refractivity contribution < 1.29 is 13.2 Å². The fourth-order valence-electron chi connectivity index (χ4n) is 2.83. The molecule has 0 bridgehead atoms. The molecule has 1 aliphatic rings. The number of aromatic nitrogens is 1. The second kappa shape index (κ2) is 3.41. The van der Waals surface area contributed by atoms with Crippen LogP contribution in [-0.2, 0) is 6.42 Å². The van der Waals surface area contributed by atoms with Crippen LogP contribution in [0, 0.1) is 17.5 Å². The Labute approximate surface area is 106 Å². The number of benzene rings is 2. The minimum absolute atomic E-state index is 0.300. The third-order valence-corrected chi connectivity index (χ3v) is 3.64. The standard InChI is InChI=1S/C15H8F3N/c16-8-1-2-10-7(3-8)4-11-12-5-9(17)6-13(18)15(12)19-14(10)11/h1-3,5-6,19H,4H2. The predicted molar refractivity (Wildman–Crippen MR) is 66.4 cm³/mol. The summed E-state index contributed by atoms with van der Waals surface area (Å²) in [4.78, 5) is 2.98. The Morgan fingerprint density at radius 1 is 0.947 bits per heavy atom. The van der Waals surface area contributed by atoms with E-state index in [0.29, 0.717) is 17.3 Å². The van der Waals surface area contributed by atoms with Gasteiger partial charge in [-0.25, -0.2) is 13.2 Å². The molecule has 1 heterocycles. The molecule has 19 heavy (non-hydrogen) atoms. The van der Waals surface area contributed by atoms with Gasteiger partial charge in [0, 0.05) is 23.4 Å². The quantitative estimate of drug-likeness (QED) is 0.488. The minimum atomic E-state index is -0.604. The topological polar surface area (TPSA) is 15.8 Å². The van der Waals surface area contributed by atoms with Gasteiger partial charge in [0.1, 0.15) is 17.5 Å². The summed E-state index contributed by atoms with van der Waals surface area (Å²) in [5, 5.41) is 0.532. The molecule has 94 valence electrons. The molecule has 4 rings (SSSR count). The predicted octanol–water partition coefficient (Wildman–Crippen LogP) is 4.16. The Morgan fingerprint density at radius 2 is 1.79 bits per heavy atom. The van der Waals surface area contributed by atoms with Crippen LogP contribution in [0.3, 0.4) is 0 Å². The van der Waals surface area contributed by atoms with E-state index in [1.54, 1.807) is 6.07 Å². The molecule has 0 saturated heterocycles. The van der Waals surface area contributed by atoms with E-state index in [9.17, 15) is 13.2 Å². The van der Waals surface area contributed by atoms with Gasteiger partial charge in [0.15, 0.2) is 0 Å². The van der Waals surface area contributed by atoms with Gasteiger partial charge in [0.2, 0.25) is 0 Å². The van der Waals surface area contributed by atoms with Crippen LogP contribution in [0.15, 0.2) is 30.3 Å². The molecule has 4 heteroatoms. The molecule has 0 saturated carbocycles. The van der Waals surface area contributed by atoms with Crippen molar-refractivity contribution in [2.24, 2.45) is 0 Å². The second-order valence-electron chi connectivity index (χ2n) is 4.77. The van der Waals surface area contributed by atoms with Crippen molar-refractivity contribution in [3.05, 3.63) is 58.9 Å². The lowest BCUT2D eigenvalue weighted by molar-refractivity contribution is 0.591. The van der Waals surface area contributed by atoms with E-state index in [4.69, 9.17) is 0 Å². The van der Waals surface area contributed by atoms with E-state index in [2.05, 4.69) is 4.98 Å². The first-order valence-electron chi connectivity index (χ1n) is 5.92. The van der Waals surface area contributed by atoms with Gasteiger partial charge in [0.05, 0.1) is 11.2 Å². The van der Waals surface area contributed by atoms with Gasteiger partial charge in [-0.1, -0.05) is 0 Å². The Bertz CT molecular complexity index is 833. The maximum Gasteiger partial charge on any atom is 0.150 e. The highest BCUT2D eigenvalue weighted by Crippen LogP contribution is 2.41. The zero-order valence-electron chi connectivity index (χ0n) is 9.73. The molecular weight excluding hydrogens is 251 g/mol. The number of aromatic amines is 1. The smallest absolute Gasteiger partial charge is 0.150 e. The summed E-state index contributed by atoms with van der Waals surface area (Å²) in [6.45, 7) is 0. The van der Waals surface area contributed by atoms with Crippen molar-refractivity contribution in [1.29, 1.82) is 0 Å². The van der Waals surface area contributed by atoms with Gasteiger partial charge in [0.25, 0.3) is 0 Å². The number of halogens is 3. The average molecular weight is 259 g/mol. The van der Waals surface area contributed by atoms with E-state index < -0.39 is 11.6 Å². The molecule has 0 atom stereocenters. The van der Waals surface area contributed by atoms with Gasteiger partial charge >= 0.3 is 0 Å². The summed E-state index contributed by atoms with van der Waals surface area (Å²) in [6.07, 6.45) is 0.491. The number of hydrogen-bond acceptors (Lipinski definition) is 0. The highest BCUT2D eigenvalue weighted by molar-refractivity contribution is 5.94. The molecule has 3 aromatic rings. The number of rotatable bonds is 0. The fraction of sp³-hybridized carbons (Fsp3) is 0.0667. The highest BCUT2D eigenvalue weighted by atomic mass is 19.1. The number of hydrogen-bond donors (Lipinski definition) is 1. The monoisotopic (exact) mass is 259 g/mol. The molecule has 0 fully saturated rings. The molecule has 0 aliphatic heterocycles. The summed E-state index contributed by atoms with van der Waals surface area (Å²) in [5.41, 5.74) is 3.59. The van der Waals surface area contributed by atoms with Crippen molar-refractivity contribution in [2.75, 3.05) is 0 Å². The summed E-state index contributed by atoms with van der Waals surface area (Å²) in [6, 6.07) is 6.68. The summed E-state index contributed by atoms with van der Waals surface area (Å²) >= 11 is 0. The second-order valence-corrected chi connectivity index (χ2v) is 4.77. The molecule has 0 spiro atoms. The maximum absolute atomic E-state index is 13.7. The molecule has 2 aromatic carbocycles. The third kappa shape index (κ3) is 1.37. The number of H-pyrrole nitrogens is 1. The van der Waals surface area contributed by atoms with Gasteiger partial charge in [-0.15, -0.1) is 0 Å². The first-order chi connectivity index (χ1) is 9.13. The molecular formula is C15H8F3N. The van der Waals surface area contributed by atoms with Gasteiger partial charge in [-0.3, -0.25) is 0 Å². The average Bonchev–Trinajstić information content (AvgIpc) is 2.85. The van der Waals surface area contributed by atoms with Crippen LogP contribution in [0.4, 0.5) is 13.2 Å². The normalized spacial score (nSPS) is 12.8. The molecule has 0 unspecified atom stereocenters. The SMILES string of the molecule is Fc1ccc2c(c1)Cc1c-2[nH]c2c(F)cc(F)cc12. The van der Waals surface area contributed by atoms with Gasteiger partial charge in [-0.2, -0.15) is 0 Å². The zero-order chi connectivity index (χ0) is 13.1. The van der Waals surface area contributed by atoms with Crippen molar-refractivity contribution >= 4 is 10.9 Å². The maximum atomic E-state index is 13.7. The van der Waals surface area contributed by atoms with E-state index in [0.717, 1.165) is 28.5 Å². The van der Waals surface area contributed by atoms with Crippen LogP contribution in [0.1, 0.15) is 11.1 Å². The van der Waals surface area contributed by atoms with Gasteiger partial charge < -0.3 is 4.98 Å². The van der Waals surface area contributed by atoms with Gasteiger partial charge in [-0.05, 0) is 35.4 Å². The first-order valence-corrected chi connectivity index (χ1v) is 5.92. The molecule has 1 nitrogen and oxygen atoms in total. The summed E-state index contributed by atoms with van der Waals surface area (Å²) in [7, 11) is 0. The van der Waals surface area contributed by atoms with Crippen LogP contribution in [0.5, 0.6) is 0 Å². The van der Waals surface area contributed by atoms with Crippen molar-refractivity contribution in [3.63, 3.8) is 0 Å². The van der Waals surface area contributed by atoms with E-state index in [1.807, 2.05) is 0 Å². The van der Waals surface area contributed by atoms with Crippen LogP contribution in [0.2, 0.25) is 0 Å². The van der Waals surface area contributed by atoms with Crippen molar-refractivity contribution in [3.8, 4) is 11.3 Å². The molecule has 0 amide bonds. The van der Waals surface area contributed by atoms with Crippen LogP contribution >= 0.6 is 0 Å². The zero-order valence-corrected chi connectivity index (χ0v) is 9.73. The van der Waals surface area contributed by atoms with Crippen LogP contribution in [-0.4, -0.2) is 4.98 Å². The minimum Gasteiger partial charge on any atom is -0.352 e. The molecule has 1 N–H and O–H groups in total. The summed E-state index contributed by atoms with van der Waals surface area (Å²) < 4.78 is 40.2. The summed E-state index contributed by atoms with van der Waals surface area (Å²) in [5.74, 6) is -1.51. The molecule has 1 aliphatic carbocycles. The number of fused-ring (bicyclic) bond motifs is 5. The lowest BCUT2D eigenvalue weighted by Gasteiger charge is -2.00. The Morgan fingerprint density at radius 3 is 2.63 bits per heavy atom. The lowest BCUT2D eigenvalue weighted by Crippen LogP contribution is -1.87. The first kappa shape index (κ1) is 10.7. The van der Waals surface area contributed by atoms with Crippen molar-refractivity contribution in [2.45, 2.75) is 6.42 Å². The molecule has 1 aromatic heterocycles. The molecule has 0 radical (unpaired) electrons. The van der Waals surface area contributed by atoms with E-state index in [1.165, 1.54) is 18.2 Å². The van der Waals surface area contributed by atoms with Crippen LogP contribution in [0.25, 0.3) is 22.2 Å². The Hall–Kier alpha value is -2.23. The lowest BCUT2D eigenvalue weighted by atomic mass is 10.1. The largest absolute Gasteiger partial charge is 0.352 e. The van der Waals surface area contributed by atoms with E-state index in [-0.39, 0.29) is 5.82 Å². The Balaban J connectivity index is 2.07. The fourth-order valence-corrected chi connectivity index (χ4v) is 2.83. The van der Waals surface area contributed by atoms with E-state index >= 15 is 0 Å². The Kier molecular flexibility index (Phi) is 1.91. The third-order valence-electron chi connectivity index (χ3n) is 3.64.